The number of anilines is 1. The van der Waals surface area contributed by atoms with Crippen molar-refractivity contribution in [2.75, 3.05) is 31.2 Å². The summed E-state index contributed by atoms with van der Waals surface area (Å²) in [6.45, 7) is 1.17. The number of carbonyl (C=O) groups is 2. The highest BCUT2D eigenvalue weighted by molar-refractivity contribution is 9.10. The fourth-order valence-electron chi connectivity index (χ4n) is 3.33. The minimum atomic E-state index is -0.212. The molecule has 1 N–H and O–H groups in total. The summed E-state index contributed by atoms with van der Waals surface area (Å²) < 4.78 is 12.2. The average molecular weight is 425 g/mol. The molecule has 1 aliphatic heterocycles. The molecule has 142 valence electrons. The minimum Gasteiger partial charge on any atom is -0.482 e. The molecule has 1 saturated carbocycles. The van der Waals surface area contributed by atoms with Crippen molar-refractivity contribution >= 4 is 33.4 Å². The van der Waals surface area contributed by atoms with E-state index < -0.39 is 0 Å². The van der Waals surface area contributed by atoms with Crippen molar-refractivity contribution in [3.8, 4) is 5.75 Å². The monoisotopic (exact) mass is 424 g/mol. The molecule has 0 bridgehead atoms. The summed E-state index contributed by atoms with van der Waals surface area (Å²) in [4.78, 5) is 25.8. The number of benzene rings is 1. The fourth-order valence-corrected chi connectivity index (χ4v) is 3.67. The van der Waals surface area contributed by atoms with Crippen molar-refractivity contribution in [3.63, 3.8) is 0 Å². The second-order valence-corrected chi connectivity index (χ2v) is 7.63. The third-order valence-corrected chi connectivity index (χ3v) is 5.21. The van der Waals surface area contributed by atoms with Crippen LogP contribution in [0.25, 0.3) is 0 Å². The lowest BCUT2D eigenvalue weighted by molar-refractivity contribution is -0.125. The molecule has 0 aromatic heterocycles. The molecular weight excluding hydrogens is 400 g/mol. The van der Waals surface area contributed by atoms with Crippen LogP contribution >= 0.6 is 15.9 Å². The Labute approximate surface area is 162 Å². The van der Waals surface area contributed by atoms with Crippen molar-refractivity contribution in [1.82, 2.24) is 5.32 Å². The molecule has 7 heteroatoms. The summed E-state index contributed by atoms with van der Waals surface area (Å²) in [7, 11) is 0. The van der Waals surface area contributed by atoms with E-state index in [4.69, 9.17) is 9.47 Å². The highest BCUT2D eigenvalue weighted by Crippen LogP contribution is 2.34. The summed E-state index contributed by atoms with van der Waals surface area (Å²) in [5.41, 5.74) is 0.625. The summed E-state index contributed by atoms with van der Waals surface area (Å²) in [6.07, 6.45) is 7.31. The number of amides is 2. The van der Waals surface area contributed by atoms with E-state index in [0.717, 1.165) is 23.7 Å². The fraction of sp³-hybridized carbons (Fsp3) is 0.579. The van der Waals surface area contributed by atoms with E-state index in [9.17, 15) is 9.59 Å². The van der Waals surface area contributed by atoms with E-state index in [0.29, 0.717) is 30.7 Å². The molecule has 0 radical (unpaired) electrons. The van der Waals surface area contributed by atoms with Gasteiger partial charge in [-0.1, -0.05) is 35.2 Å². The lowest BCUT2D eigenvalue weighted by Crippen LogP contribution is -2.45. The zero-order valence-corrected chi connectivity index (χ0v) is 16.4. The van der Waals surface area contributed by atoms with Crippen molar-refractivity contribution in [2.24, 2.45) is 0 Å². The Morgan fingerprint density at radius 1 is 1.31 bits per heavy atom. The number of rotatable bonds is 7. The molecule has 0 saturated heterocycles. The first-order valence-electron chi connectivity index (χ1n) is 9.24. The Bertz CT molecular complexity index is 646. The minimum absolute atomic E-state index is 0.000305. The van der Waals surface area contributed by atoms with E-state index in [2.05, 4.69) is 21.2 Å². The van der Waals surface area contributed by atoms with Gasteiger partial charge in [-0.2, -0.15) is 0 Å². The van der Waals surface area contributed by atoms with Crippen molar-refractivity contribution < 1.29 is 19.1 Å². The molecule has 1 fully saturated rings. The smallest absolute Gasteiger partial charge is 0.265 e. The third-order valence-electron chi connectivity index (χ3n) is 4.72. The normalized spacial score (nSPS) is 17.6. The van der Waals surface area contributed by atoms with Gasteiger partial charge in [0.25, 0.3) is 5.91 Å². The Hall–Kier alpha value is -1.60. The molecule has 0 atom stereocenters. The van der Waals surface area contributed by atoms with E-state index in [1.54, 1.807) is 12.1 Å². The lowest BCUT2D eigenvalue weighted by atomic mass is 9.98. The standard InChI is InChI=1S/C19H25BrN2O4/c20-14-7-8-16-17(11-14)26-13-19(24)22(16)12-18(23)21-9-4-10-25-15-5-2-1-3-6-15/h7-8,11,15H,1-6,9-10,12-13H2,(H,21,23). The van der Waals surface area contributed by atoms with E-state index in [1.165, 1.54) is 24.2 Å². The Balaban J connectivity index is 1.41. The maximum absolute atomic E-state index is 12.2. The molecular formula is C19H25BrN2O4. The number of nitrogens with zero attached hydrogens (tertiary/aromatic N) is 1. The number of fused-ring (bicyclic) bond motifs is 1. The second kappa shape index (κ2) is 9.37. The van der Waals surface area contributed by atoms with Gasteiger partial charge in [0.2, 0.25) is 5.91 Å². The quantitative estimate of drug-likeness (QED) is 0.682. The van der Waals surface area contributed by atoms with E-state index in [-0.39, 0.29) is 25.0 Å². The van der Waals surface area contributed by atoms with Gasteiger partial charge in [-0.25, -0.2) is 0 Å². The molecule has 6 nitrogen and oxygen atoms in total. The Kier molecular flexibility index (Phi) is 6.91. The number of halogens is 1. The van der Waals surface area contributed by atoms with Crippen LogP contribution in [-0.4, -0.2) is 44.2 Å². The predicted molar refractivity (Wildman–Crippen MR) is 102 cm³/mol. The molecule has 2 amide bonds. The Morgan fingerprint density at radius 3 is 2.92 bits per heavy atom. The van der Waals surface area contributed by atoms with Crippen LogP contribution in [0.1, 0.15) is 38.5 Å². The molecule has 1 heterocycles. The van der Waals surface area contributed by atoms with Gasteiger partial charge in [0.15, 0.2) is 6.61 Å². The van der Waals surface area contributed by atoms with Crippen LogP contribution in [0.5, 0.6) is 5.75 Å². The average Bonchev–Trinajstić information content (AvgIpc) is 2.64. The number of hydrogen-bond donors (Lipinski definition) is 1. The van der Waals surface area contributed by atoms with Gasteiger partial charge in [0.1, 0.15) is 12.3 Å². The highest BCUT2D eigenvalue weighted by atomic mass is 79.9. The topological polar surface area (TPSA) is 67.9 Å². The number of ether oxygens (including phenoxy) is 2. The molecule has 1 aromatic carbocycles. The molecule has 0 unspecified atom stereocenters. The first-order valence-corrected chi connectivity index (χ1v) is 10.0. The van der Waals surface area contributed by atoms with Crippen molar-refractivity contribution in [2.45, 2.75) is 44.6 Å². The van der Waals surface area contributed by atoms with Gasteiger partial charge < -0.3 is 14.8 Å². The molecule has 0 spiro atoms. The van der Waals surface area contributed by atoms with Crippen LogP contribution in [0.2, 0.25) is 0 Å². The number of nitrogens with one attached hydrogen (secondary N) is 1. The summed E-state index contributed by atoms with van der Waals surface area (Å²) >= 11 is 3.38. The number of hydrogen-bond acceptors (Lipinski definition) is 4. The van der Waals surface area contributed by atoms with E-state index in [1.807, 2.05) is 6.07 Å². The molecule has 3 rings (SSSR count). The Morgan fingerprint density at radius 2 is 2.12 bits per heavy atom. The first-order chi connectivity index (χ1) is 12.6. The first kappa shape index (κ1) is 19.2. The van der Waals surface area contributed by atoms with Crippen LogP contribution in [0.15, 0.2) is 22.7 Å². The van der Waals surface area contributed by atoms with Gasteiger partial charge in [-0.15, -0.1) is 0 Å². The van der Waals surface area contributed by atoms with Crippen LogP contribution in [0, 0.1) is 0 Å². The van der Waals surface area contributed by atoms with Crippen molar-refractivity contribution in [3.05, 3.63) is 22.7 Å². The molecule has 26 heavy (non-hydrogen) atoms. The molecule has 1 aliphatic carbocycles. The number of carbonyl (C=O) groups excluding carboxylic acids is 2. The SMILES string of the molecule is O=C(CN1C(=O)COc2cc(Br)ccc21)NCCCOC1CCCCC1. The van der Waals surface area contributed by atoms with Gasteiger partial charge in [0, 0.05) is 17.6 Å². The van der Waals surface area contributed by atoms with E-state index >= 15 is 0 Å². The second-order valence-electron chi connectivity index (χ2n) is 6.71. The van der Waals surface area contributed by atoms with Gasteiger partial charge in [-0.05, 0) is 37.5 Å². The van der Waals surface area contributed by atoms with Gasteiger partial charge in [-0.3, -0.25) is 14.5 Å². The van der Waals surface area contributed by atoms with Crippen LogP contribution in [0.3, 0.4) is 0 Å². The maximum Gasteiger partial charge on any atom is 0.265 e. The zero-order chi connectivity index (χ0) is 18.4. The summed E-state index contributed by atoms with van der Waals surface area (Å²) in [6, 6.07) is 5.41. The maximum atomic E-state index is 12.2. The molecule has 1 aromatic rings. The molecule has 2 aliphatic rings. The highest BCUT2D eigenvalue weighted by Gasteiger charge is 2.27. The van der Waals surface area contributed by atoms with Crippen LogP contribution in [0.4, 0.5) is 5.69 Å². The van der Waals surface area contributed by atoms with Gasteiger partial charge in [0.05, 0.1) is 11.8 Å². The third kappa shape index (κ3) is 5.20. The van der Waals surface area contributed by atoms with Crippen LogP contribution in [-0.2, 0) is 14.3 Å². The summed E-state index contributed by atoms with van der Waals surface area (Å²) in [5.74, 6) is 0.218. The van der Waals surface area contributed by atoms with Crippen LogP contribution < -0.4 is 15.0 Å². The van der Waals surface area contributed by atoms with Crippen molar-refractivity contribution in [1.29, 1.82) is 0 Å². The lowest BCUT2D eigenvalue weighted by Gasteiger charge is -2.29. The summed E-state index contributed by atoms with van der Waals surface area (Å²) in [5, 5.41) is 2.87. The zero-order valence-electron chi connectivity index (χ0n) is 14.8. The predicted octanol–water partition coefficient (Wildman–Crippen LogP) is 3.03. The van der Waals surface area contributed by atoms with Gasteiger partial charge >= 0.3 is 0 Å². The largest absolute Gasteiger partial charge is 0.482 e.